The van der Waals surface area contributed by atoms with Gasteiger partial charge in [-0.3, -0.25) is 4.79 Å². The van der Waals surface area contributed by atoms with Gasteiger partial charge < -0.3 is 5.32 Å². The molecule has 1 aromatic carbocycles. The van der Waals surface area contributed by atoms with Crippen molar-refractivity contribution in [1.29, 1.82) is 0 Å². The smallest absolute Gasteiger partial charge is 0.230 e. The van der Waals surface area contributed by atoms with Gasteiger partial charge in [-0.05, 0) is 68.4 Å². The predicted molar refractivity (Wildman–Crippen MR) is 75.7 cm³/mol. The van der Waals surface area contributed by atoms with E-state index in [0.717, 1.165) is 42.7 Å². The third-order valence-corrected chi connectivity index (χ3v) is 5.55. The molecule has 100 valence electrons. The molecular formula is C17H21NO. The molecule has 2 heteroatoms. The third-order valence-electron chi connectivity index (χ3n) is 5.55. The first kappa shape index (κ1) is 11.5. The quantitative estimate of drug-likeness (QED) is 0.854. The topological polar surface area (TPSA) is 29.1 Å². The van der Waals surface area contributed by atoms with Crippen LogP contribution in [-0.2, 0) is 4.79 Å². The van der Waals surface area contributed by atoms with E-state index in [0.29, 0.717) is 0 Å². The van der Waals surface area contributed by atoms with Crippen LogP contribution in [0, 0.1) is 23.2 Å². The Morgan fingerprint density at radius 2 is 1.47 bits per heavy atom. The second-order valence-electron chi connectivity index (χ2n) is 7.02. The first-order valence-corrected chi connectivity index (χ1v) is 7.60. The van der Waals surface area contributed by atoms with Gasteiger partial charge in [-0.2, -0.15) is 0 Å². The molecule has 1 aromatic rings. The van der Waals surface area contributed by atoms with Gasteiger partial charge in [0.1, 0.15) is 0 Å². The summed E-state index contributed by atoms with van der Waals surface area (Å²) in [5.74, 6) is 2.77. The fourth-order valence-corrected chi connectivity index (χ4v) is 5.17. The van der Waals surface area contributed by atoms with Crippen LogP contribution in [0.15, 0.2) is 30.3 Å². The van der Waals surface area contributed by atoms with Gasteiger partial charge in [0.15, 0.2) is 0 Å². The van der Waals surface area contributed by atoms with E-state index in [1.54, 1.807) is 0 Å². The number of hydrogen-bond donors (Lipinski definition) is 1. The van der Waals surface area contributed by atoms with Crippen LogP contribution in [0.3, 0.4) is 0 Å². The minimum atomic E-state index is -0.0371. The molecule has 4 aliphatic rings. The van der Waals surface area contributed by atoms with Gasteiger partial charge in [0, 0.05) is 5.69 Å². The van der Waals surface area contributed by atoms with Gasteiger partial charge in [-0.1, -0.05) is 18.2 Å². The Kier molecular flexibility index (Phi) is 2.48. The van der Waals surface area contributed by atoms with Crippen molar-refractivity contribution >= 4 is 11.6 Å². The molecule has 0 spiro atoms. The average Bonchev–Trinajstić information content (AvgIpc) is 2.38. The lowest BCUT2D eigenvalue weighted by molar-refractivity contribution is -0.140. The number of carbonyl (C=O) groups is 1. The third kappa shape index (κ3) is 1.89. The van der Waals surface area contributed by atoms with Crippen LogP contribution in [0.5, 0.6) is 0 Å². The summed E-state index contributed by atoms with van der Waals surface area (Å²) in [6.07, 6.45) is 7.57. The minimum Gasteiger partial charge on any atom is -0.326 e. The number of carbonyl (C=O) groups excluding carboxylic acids is 1. The highest BCUT2D eigenvalue weighted by atomic mass is 16.2. The van der Waals surface area contributed by atoms with Crippen LogP contribution >= 0.6 is 0 Å². The number of anilines is 1. The molecule has 5 rings (SSSR count). The first-order valence-electron chi connectivity index (χ1n) is 7.60. The molecule has 0 saturated heterocycles. The Labute approximate surface area is 114 Å². The fraction of sp³-hybridized carbons (Fsp3) is 0.588. The lowest BCUT2D eigenvalue weighted by Gasteiger charge is -2.55. The Balaban J connectivity index is 1.56. The lowest BCUT2D eigenvalue weighted by atomic mass is 9.49. The van der Waals surface area contributed by atoms with Crippen molar-refractivity contribution < 1.29 is 4.79 Å². The van der Waals surface area contributed by atoms with Gasteiger partial charge in [-0.15, -0.1) is 0 Å². The summed E-state index contributed by atoms with van der Waals surface area (Å²) >= 11 is 0. The molecular weight excluding hydrogens is 234 g/mol. The summed E-state index contributed by atoms with van der Waals surface area (Å²) in [6, 6.07) is 9.92. The van der Waals surface area contributed by atoms with E-state index >= 15 is 0 Å². The summed E-state index contributed by atoms with van der Waals surface area (Å²) in [4.78, 5) is 12.8. The SMILES string of the molecule is O=C(Nc1ccccc1)C12CC3CC(CC(C3)C1)C2. The van der Waals surface area contributed by atoms with Crippen LogP contribution in [-0.4, -0.2) is 5.91 Å². The monoisotopic (exact) mass is 255 g/mol. The lowest BCUT2D eigenvalue weighted by Crippen LogP contribution is -2.51. The normalized spacial score (nSPS) is 39.3. The van der Waals surface area contributed by atoms with Crippen LogP contribution in [0.25, 0.3) is 0 Å². The Morgan fingerprint density at radius 3 is 2.00 bits per heavy atom. The van der Waals surface area contributed by atoms with E-state index < -0.39 is 0 Å². The number of nitrogens with one attached hydrogen (secondary N) is 1. The zero-order valence-corrected chi connectivity index (χ0v) is 11.3. The van der Waals surface area contributed by atoms with Crippen LogP contribution in [0.1, 0.15) is 38.5 Å². The molecule has 2 nitrogen and oxygen atoms in total. The summed E-state index contributed by atoms with van der Waals surface area (Å²) in [7, 11) is 0. The van der Waals surface area contributed by atoms with Gasteiger partial charge in [-0.25, -0.2) is 0 Å². The predicted octanol–water partition coefficient (Wildman–Crippen LogP) is 3.84. The molecule has 4 saturated carbocycles. The Bertz CT molecular complexity index is 458. The van der Waals surface area contributed by atoms with Gasteiger partial charge >= 0.3 is 0 Å². The summed E-state index contributed by atoms with van der Waals surface area (Å²) in [5, 5.41) is 3.16. The maximum atomic E-state index is 12.8. The molecule has 4 bridgehead atoms. The zero-order valence-electron chi connectivity index (χ0n) is 11.3. The van der Waals surface area contributed by atoms with Crippen molar-refractivity contribution in [3.63, 3.8) is 0 Å². The highest BCUT2D eigenvalue weighted by molar-refractivity contribution is 5.95. The molecule has 0 heterocycles. The molecule has 4 aliphatic carbocycles. The highest BCUT2D eigenvalue weighted by Crippen LogP contribution is 2.60. The van der Waals surface area contributed by atoms with Gasteiger partial charge in [0.05, 0.1) is 5.41 Å². The molecule has 1 N–H and O–H groups in total. The van der Waals surface area contributed by atoms with Crippen LogP contribution in [0.4, 0.5) is 5.69 Å². The molecule has 0 radical (unpaired) electrons. The van der Waals surface area contributed by atoms with E-state index in [2.05, 4.69) is 5.32 Å². The molecule has 4 fully saturated rings. The maximum Gasteiger partial charge on any atom is 0.230 e. The average molecular weight is 255 g/mol. The largest absolute Gasteiger partial charge is 0.326 e. The first-order chi connectivity index (χ1) is 9.23. The number of amides is 1. The van der Waals surface area contributed by atoms with Crippen molar-refractivity contribution in [3.8, 4) is 0 Å². The van der Waals surface area contributed by atoms with Gasteiger partial charge in [0.25, 0.3) is 0 Å². The van der Waals surface area contributed by atoms with E-state index in [1.807, 2.05) is 30.3 Å². The molecule has 1 amide bonds. The van der Waals surface area contributed by atoms with Crippen molar-refractivity contribution in [1.82, 2.24) is 0 Å². The Hall–Kier alpha value is -1.31. The van der Waals surface area contributed by atoms with E-state index in [-0.39, 0.29) is 11.3 Å². The molecule has 0 unspecified atom stereocenters. The number of hydrogen-bond acceptors (Lipinski definition) is 1. The van der Waals surface area contributed by atoms with Crippen molar-refractivity contribution in [2.24, 2.45) is 23.2 Å². The number of para-hydroxylation sites is 1. The van der Waals surface area contributed by atoms with Crippen molar-refractivity contribution in [2.45, 2.75) is 38.5 Å². The van der Waals surface area contributed by atoms with Crippen molar-refractivity contribution in [3.05, 3.63) is 30.3 Å². The minimum absolute atomic E-state index is 0.0371. The summed E-state index contributed by atoms with van der Waals surface area (Å²) in [5.41, 5.74) is 0.910. The highest BCUT2D eigenvalue weighted by Gasteiger charge is 2.54. The second kappa shape index (κ2) is 4.09. The zero-order chi connectivity index (χ0) is 12.9. The standard InChI is InChI=1S/C17H21NO/c19-16(18-15-4-2-1-3-5-15)17-9-12-6-13(10-17)8-14(7-12)11-17/h1-5,12-14H,6-11H2,(H,18,19). The number of benzene rings is 1. The second-order valence-corrected chi connectivity index (χ2v) is 7.02. The maximum absolute atomic E-state index is 12.8. The van der Waals surface area contributed by atoms with E-state index in [4.69, 9.17) is 0 Å². The summed E-state index contributed by atoms with van der Waals surface area (Å²) < 4.78 is 0. The molecule has 0 atom stereocenters. The van der Waals surface area contributed by atoms with Crippen LogP contribution in [0.2, 0.25) is 0 Å². The van der Waals surface area contributed by atoms with Crippen LogP contribution < -0.4 is 5.32 Å². The molecule has 0 aromatic heterocycles. The molecule has 19 heavy (non-hydrogen) atoms. The molecule has 0 aliphatic heterocycles. The van der Waals surface area contributed by atoms with E-state index in [1.165, 1.54) is 19.3 Å². The Morgan fingerprint density at radius 1 is 0.947 bits per heavy atom. The number of rotatable bonds is 2. The van der Waals surface area contributed by atoms with E-state index in [9.17, 15) is 4.79 Å². The van der Waals surface area contributed by atoms with Crippen molar-refractivity contribution in [2.75, 3.05) is 5.32 Å². The van der Waals surface area contributed by atoms with Gasteiger partial charge in [0.2, 0.25) is 5.91 Å². The summed E-state index contributed by atoms with van der Waals surface area (Å²) in [6.45, 7) is 0. The fourth-order valence-electron chi connectivity index (χ4n) is 5.17.